The first kappa shape index (κ1) is 30.7. The van der Waals surface area contributed by atoms with E-state index in [-0.39, 0.29) is 31.8 Å². The van der Waals surface area contributed by atoms with E-state index in [2.05, 4.69) is 10.3 Å². The number of hydrogen-bond donors (Lipinski definition) is 2. The maximum absolute atomic E-state index is 14.5. The van der Waals surface area contributed by atoms with Crippen LogP contribution in [-0.2, 0) is 32.0 Å². The van der Waals surface area contributed by atoms with Gasteiger partial charge in [-0.15, -0.1) is 0 Å². The normalized spacial score (nSPS) is 17.6. The Balaban J connectivity index is 1.44. The number of benzene rings is 3. The van der Waals surface area contributed by atoms with E-state index in [1.54, 1.807) is 48.8 Å². The lowest BCUT2D eigenvalue weighted by Gasteiger charge is -2.36. The van der Waals surface area contributed by atoms with E-state index in [1.165, 1.54) is 9.80 Å². The number of primary amides is 1. The molecule has 0 bridgehead atoms. The summed E-state index contributed by atoms with van der Waals surface area (Å²) in [6, 6.07) is 21.5. The Labute approximate surface area is 261 Å². The molecule has 5 rings (SSSR count). The van der Waals surface area contributed by atoms with Gasteiger partial charge in [0.05, 0.1) is 13.0 Å². The molecule has 3 aromatic carbocycles. The maximum Gasteiger partial charge on any atom is 0.250 e. The largest absolute Gasteiger partial charge is 0.368 e. The van der Waals surface area contributed by atoms with Crippen LogP contribution in [0.25, 0.3) is 10.8 Å². The second-order valence-electron chi connectivity index (χ2n) is 11.0. The SMILES string of the molecule is CC1CCN(C(Cc2cccc3ccccc23)C(N)=O)C(=O)C(c2cccc(Cl)c2)N1C(=O)CNC(=O)Cc1cccnc1. The molecule has 0 saturated carbocycles. The summed E-state index contributed by atoms with van der Waals surface area (Å²) >= 11 is 6.34. The molecule has 1 aromatic heterocycles. The quantitative estimate of drug-likeness (QED) is 0.298. The van der Waals surface area contributed by atoms with Crippen LogP contribution in [-0.4, -0.2) is 63.6 Å². The molecule has 3 atom stereocenters. The van der Waals surface area contributed by atoms with Crippen LogP contribution in [0.5, 0.6) is 0 Å². The fourth-order valence-corrected chi connectivity index (χ4v) is 6.04. The molecular weight excluding hydrogens is 578 g/mol. The number of hydrogen-bond acceptors (Lipinski definition) is 5. The summed E-state index contributed by atoms with van der Waals surface area (Å²) in [5.41, 5.74) is 8.08. The molecule has 3 unspecified atom stereocenters. The van der Waals surface area contributed by atoms with Crippen molar-refractivity contribution in [1.29, 1.82) is 0 Å². The minimum absolute atomic E-state index is 0.0650. The Morgan fingerprint density at radius 2 is 1.82 bits per heavy atom. The average molecular weight is 612 g/mol. The van der Waals surface area contributed by atoms with Gasteiger partial charge in [0.1, 0.15) is 12.1 Å². The molecule has 2 heterocycles. The molecule has 0 radical (unpaired) electrons. The monoisotopic (exact) mass is 611 g/mol. The van der Waals surface area contributed by atoms with Crippen molar-refractivity contribution in [2.45, 2.75) is 44.3 Å². The Morgan fingerprint density at radius 1 is 1.05 bits per heavy atom. The Bertz CT molecular complexity index is 1680. The summed E-state index contributed by atoms with van der Waals surface area (Å²) in [4.78, 5) is 60.9. The topological polar surface area (TPSA) is 126 Å². The highest BCUT2D eigenvalue weighted by molar-refractivity contribution is 6.30. The number of carbonyl (C=O) groups is 4. The summed E-state index contributed by atoms with van der Waals surface area (Å²) in [6.45, 7) is 1.77. The smallest absolute Gasteiger partial charge is 0.250 e. The van der Waals surface area contributed by atoms with Gasteiger partial charge in [-0.3, -0.25) is 24.2 Å². The standard InChI is InChI=1S/C34H34ClN5O4/c1-22-14-16-39(29(33(36)43)19-25-10-4-9-24-8-2-3-13-28(24)25)34(44)32(26-11-5-12-27(35)18-26)40(22)31(42)21-38-30(41)17-23-7-6-15-37-20-23/h2-13,15,18,20,22,29,32H,14,16-17,19,21H2,1H3,(H2,36,43)(H,38,41). The lowest BCUT2D eigenvalue weighted by atomic mass is 9.96. The van der Waals surface area contributed by atoms with Gasteiger partial charge >= 0.3 is 0 Å². The van der Waals surface area contributed by atoms with Crippen molar-refractivity contribution >= 4 is 46.0 Å². The van der Waals surface area contributed by atoms with Crippen LogP contribution in [0.4, 0.5) is 0 Å². The third kappa shape index (κ3) is 6.89. The molecule has 1 fully saturated rings. The van der Waals surface area contributed by atoms with Gasteiger partial charge in [0, 0.05) is 36.4 Å². The van der Waals surface area contributed by atoms with Gasteiger partial charge in [0.25, 0.3) is 5.91 Å². The van der Waals surface area contributed by atoms with Gasteiger partial charge in [-0.1, -0.05) is 72.3 Å². The molecule has 3 N–H and O–H groups in total. The molecule has 1 aliphatic rings. The summed E-state index contributed by atoms with van der Waals surface area (Å²) in [5, 5.41) is 5.08. The van der Waals surface area contributed by atoms with Gasteiger partial charge < -0.3 is 20.9 Å². The minimum atomic E-state index is -1.08. The number of rotatable bonds is 9. The molecule has 44 heavy (non-hydrogen) atoms. The van der Waals surface area contributed by atoms with Crippen LogP contribution in [0.1, 0.15) is 36.1 Å². The number of nitrogens with zero attached hydrogens (tertiary/aromatic N) is 3. The van der Waals surface area contributed by atoms with Crippen molar-refractivity contribution < 1.29 is 19.2 Å². The first-order chi connectivity index (χ1) is 21.2. The summed E-state index contributed by atoms with van der Waals surface area (Å²) in [6.07, 6.45) is 3.89. The van der Waals surface area contributed by atoms with Crippen LogP contribution >= 0.6 is 11.6 Å². The van der Waals surface area contributed by atoms with E-state index in [0.717, 1.165) is 16.3 Å². The zero-order valence-corrected chi connectivity index (χ0v) is 25.1. The minimum Gasteiger partial charge on any atom is -0.368 e. The molecule has 4 aromatic rings. The number of pyridine rings is 1. The average Bonchev–Trinajstić information content (AvgIpc) is 3.14. The first-order valence-electron chi connectivity index (χ1n) is 14.5. The molecule has 1 saturated heterocycles. The first-order valence-corrected chi connectivity index (χ1v) is 14.9. The second kappa shape index (κ2) is 13.7. The molecule has 4 amide bonds. The van der Waals surface area contributed by atoms with Gasteiger partial charge in [-0.2, -0.15) is 0 Å². The zero-order chi connectivity index (χ0) is 31.2. The lowest BCUT2D eigenvalue weighted by Crippen LogP contribution is -2.53. The third-order valence-corrected chi connectivity index (χ3v) is 8.27. The number of amides is 4. The Morgan fingerprint density at radius 3 is 2.57 bits per heavy atom. The van der Waals surface area contributed by atoms with Crippen LogP contribution in [0.2, 0.25) is 5.02 Å². The second-order valence-corrected chi connectivity index (χ2v) is 11.4. The van der Waals surface area contributed by atoms with Crippen LogP contribution in [0.3, 0.4) is 0 Å². The van der Waals surface area contributed by atoms with Crippen LogP contribution < -0.4 is 11.1 Å². The summed E-state index contributed by atoms with van der Waals surface area (Å²) < 4.78 is 0. The van der Waals surface area contributed by atoms with E-state index in [4.69, 9.17) is 17.3 Å². The maximum atomic E-state index is 14.5. The van der Waals surface area contributed by atoms with Gasteiger partial charge in [0.15, 0.2) is 0 Å². The lowest BCUT2D eigenvalue weighted by molar-refractivity contribution is -0.148. The van der Waals surface area contributed by atoms with E-state index >= 15 is 0 Å². The highest BCUT2D eigenvalue weighted by atomic mass is 35.5. The van der Waals surface area contributed by atoms with Gasteiger partial charge in [0.2, 0.25) is 17.7 Å². The fraction of sp³-hybridized carbons (Fsp3) is 0.265. The van der Waals surface area contributed by atoms with Crippen molar-refractivity contribution in [3.63, 3.8) is 0 Å². The molecule has 9 nitrogen and oxygen atoms in total. The molecule has 10 heteroatoms. The summed E-state index contributed by atoms with van der Waals surface area (Å²) in [5.74, 6) is -1.84. The van der Waals surface area contributed by atoms with Crippen LogP contribution in [0.15, 0.2) is 91.3 Å². The summed E-state index contributed by atoms with van der Waals surface area (Å²) in [7, 11) is 0. The third-order valence-electron chi connectivity index (χ3n) is 8.03. The fourth-order valence-electron chi connectivity index (χ4n) is 5.84. The number of fused-ring (bicyclic) bond motifs is 1. The molecule has 1 aliphatic heterocycles. The number of nitrogens with two attached hydrogens (primary N) is 1. The van der Waals surface area contributed by atoms with Crippen molar-refractivity contribution in [2.75, 3.05) is 13.1 Å². The van der Waals surface area contributed by atoms with E-state index in [9.17, 15) is 19.2 Å². The highest BCUT2D eigenvalue weighted by Crippen LogP contribution is 2.33. The molecule has 0 aliphatic carbocycles. The van der Waals surface area contributed by atoms with E-state index < -0.39 is 35.8 Å². The predicted molar refractivity (Wildman–Crippen MR) is 168 cm³/mol. The van der Waals surface area contributed by atoms with E-state index in [0.29, 0.717) is 22.6 Å². The number of halogens is 1. The van der Waals surface area contributed by atoms with Gasteiger partial charge in [-0.25, -0.2) is 0 Å². The number of carbonyl (C=O) groups excluding carboxylic acids is 4. The van der Waals surface area contributed by atoms with Crippen molar-refractivity contribution in [3.8, 4) is 0 Å². The van der Waals surface area contributed by atoms with Gasteiger partial charge in [-0.05, 0) is 59.0 Å². The van der Waals surface area contributed by atoms with E-state index in [1.807, 2.05) is 49.4 Å². The van der Waals surface area contributed by atoms with Crippen molar-refractivity contribution in [2.24, 2.45) is 5.73 Å². The molecule has 226 valence electrons. The Kier molecular flexibility index (Phi) is 9.55. The zero-order valence-electron chi connectivity index (χ0n) is 24.4. The number of aromatic nitrogens is 1. The predicted octanol–water partition coefficient (Wildman–Crippen LogP) is 3.83. The van der Waals surface area contributed by atoms with Crippen molar-refractivity contribution in [3.05, 3.63) is 113 Å². The molecular formula is C34H34ClN5O4. The highest BCUT2D eigenvalue weighted by Gasteiger charge is 2.43. The number of nitrogens with one attached hydrogen (secondary N) is 1. The Hall–Kier alpha value is -4.76. The van der Waals surface area contributed by atoms with Crippen LogP contribution in [0, 0.1) is 0 Å². The van der Waals surface area contributed by atoms with Crippen molar-refractivity contribution in [1.82, 2.24) is 20.1 Å². The molecule has 0 spiro atoms.